The number of nitrogens with two attached hydrogens (primary N) is 1. The average Bonchev–Trinajstić information content (AvgIpc) is 2.89. The number of hydrogen-bond acceptors (Lipinski definition) is 4. The summed E-state index contributed by atoms with van der Waals surface area (Å²) < 4.78 is 38.8. The summed E-state index contributed by atoms with van der Waals surface area (Å²) in [6, 6.07) is 5.47. The molecule has 8 heteroatoms. The number of rotatable bonds is 5. The van der Waals surface area contributed by atoms with E-state index in [0.717, 1.165) is 17.0 Å². The lowest BCUT2D eigenvalue weighted by Gasteiger charge is -2.11. The summed E-state index contributed by atoms with van der Waals surface area (Å²) >= 11 is 6.84. The summed E-state index contributed by atoms with van der Waals surface area (Å²) in [6.07, 6.45) is 0.225. The minimum atomic E-state index is -4.56. The number of hydrogen-bond donors (Lipinski definition) is 2. The number of nitrogens with zero attached hydrogens (tertiary/aromatic N) is 1. The van der Waals surface area contributed by atoms with Crippen molar-refractivity contribution in [3.63, 3.8) is 0 Å². The van der Waals surface area contributed by atoms with Crippen LogP contribution in [0, 0.1) is 11.3 Å². The molecule has 0 aliphatic rings. The predicted octanol–water partition coefficient (Wildman–Crippen LogP) is 6.93. The van der Waals surface area contributed by atoms with Crippen molar-refractivity contribution in [1.29, 1.82) is 5.26 Å². The van der Waals surface area contributed by atoms with Gasteiger partial charge in [0.1, 0.15) is 16.6 Å². The van der Waals surface area contributed by atoms with Crippen molar-refractivity contribution in [3.05, 3.63) is 64.5 Å². The van der Waals surface area contributed by atoms with E-state index in [-0.39, 0.29) is 16.3 Å². The summed E-state index contributed by atoms with van der Waals surface area (Å²) in [6.45, 7) is 8.88. The van der Waals surface area contributed by atoms with Crippen LogP contribution in [0.25, 0.3) is 0 Å². The van der Waals surface area contributed by atoms with Gasteiger partial charge in [0.15, 0.2) is 0 Å². The Morgan fingerprint density at radius 1 is 1.37 bits per heavy atom. The highest BCUT2D eigenvalue weighted by atomic mass is 35.5. The number of alkyl halides is 3. The highest BCUT2D eigenvalue weighted by Gasteiger charge is 2.33. The number of nitriles is 1. The van der Waals surface area contributed by atoms with Gasteiger partial charge in [-0.05, 0) is 38.0 Å². The molecule has 0 saturated carbocycles. The molecule has 0 saturated heterocycles. The second-order valence-electron chi connectivity index (χ2n) is 5.31. The molecule has 1 aromatic carbocycles. The standard InChI is InChI=1S/C16H13ClF3N3S.C3H6/c1-2-3-4-13-14(22)10(8-21)15(24-13)23-9-5-6-12(17)11(7-9)16(18,19)20;1-3-2/h2,5-7,23H,1,3-4,22H2;3H,1H2,2H3. The molecule has 0 bridgehead atoms. The third-order valence-corrected chi connectivity index (χ3v) is 4.75. The van der Waals surface area contributed by atoms with E-state index < -0.39 is 11.7 Å². The SMILES string of the molecule is C=CC.C=CCCc1sc(Nc2ccc(Cl)c(C(F)(F)F)c2)c(C#N)c1N. The number of thiophene rings is 1. The third-order valence-electron chi connectivity index (χ3n) is 3.24. The Morgan fingerprint density at radius 2 is 2.00 bits per heavy atom. The number of nitrogens with one attached hydrogen (secondary N) is 1. The summed E-state index contributed by atoms with van der Waals surface area (Å²) in [4.78, 5) is 0.791. The van der Waals surface area contributed by atoms with Crippen LogP contribution >= 0.6 is 22.9 Å². The lowest BCUT2D eigenvalue weighted by molar-refractivity contribution is -0.137. The first-order chi connectivity index (χ1) is 12.7. The number of halogens is 4. The quantitative estimate of drug-likeness (QED) is 0.522. The van der Waals surface area contributed by atoms with Crippen LogP contribution in [-0.4, -0.2) is 0 Å². The van der Waals surface area contributed by atoms with Gasteiger partial charge in [0.05, 0.1) is 16.3 Å². The van der Waals surface area contributed by atoms with Gasteiger partial charge in [-0.3, -0.25) is 0 Å². The lowest BCUT2D eigenvalue weighted by atomic mass is 10.1. The molecule has 0 fully saturated rings. The van der Waals surface area contributed by atoms with E-state index in [1.54, 1.807) is 12.2 Å². The Morgan fingerprint density at radius 3 is 2.52 bits per heavy atom. The molecule has 0 aliphatic heterocycles. The van der Waals surface area contributed by atoms with Crippen LogP contribution in [0.2, 0.25) is 5.02 Å². The van der Waals surface area contributed by atoms with Gasteiger partial charge in [0, 0.05) is 10.6 Å². The minimum absolute atomic E-state index is 0.180. The van der Waals surface area contributed by atoms with Crippen molar-refractivity contribution in [2.75, 3.05) is 11.1 Å². The first-order valence-electron chi connectivity index (χ1n) is 7.82. The monoisotopic (exact) mass is 413 g/mol. The smallest absolute Gasteiger partial charge is 0.397 e. The first kappa shape index (κ1) is 22.6. The van der Waals surface area contributed by atoms with Crippen molar-refractivity contribution < 1.29 is 13.2 Å². The molecule has 2 aromatic rings. The second kappa shape index (κ2) is 10.0. The van der Waals surface area contributed by atoms with Crippen molar-refractivity contribution in [2.24, 2.45) is 0 Å². The topological polar surface area (TPSA) is 61.8 Å². The van der Waals surface area contributed by atoms with Gasteiger partial charge in [-0.1, -0.05) is 23.8 Å². The van der Waals surface area contributed by atoms with E-state index in [0.29, 0.717) is 23.5 Å². The maximum atomic E-state index is 12.9. The summed E-state index contributed by atoms with van der Waals surface area (Å²) in [5.74, 6) is 0. The summed E-state index contributed by atoms with van der Waals surface area (Å²) in [7, 11) is 0. The van der Waals surface area contributed by atoms with E-state index >= 15 is 0 Å². The molecule has 27 heavy (non-hydrogen) atoms. The zero-order valence-corrected chi connectivity index (χ0v) is 16.2. The lowest BCUT2D eigenvalue weighted by Crippen LogP contribution is -2.06. The number of aryl methyl sites for hydroxylation is 1. The molecule has 144 valence electrons. The molecule has 0 amide bonds. The van der Waals surface area contributed by atoms with E-state index in [9.17, 15) is 18.4 Å². The zero-order valence-electron chi connectivity index (χ0n) is 14.7. The van der Waals surface area contributed by atoms with Crippen LogP contribution in [0.1, 0.15) is 29.3 Å². The van der Waals surface area contributed by atoms with E-state index in [2.05, 4.69) is 18.5 Å². The highest BCUT2D eigenvalue weighted by molar-refractivity contribution is 7.17. The van der Waals surface area contributed by atoms with Crippen molar-refractivity contribution in [3.8, 4) is 6.07 Å². The fourth-order valence-corrected chi connectivity index (χ4v) is 3.39. The van der Waals surface area contributed by atoms with Gasteiger partial charge in [-0.2, -0.15) is 18.4 Å². The molecule has 1 heterocycles. The predicted molar refractivity (Wildman–Crippen MR) is 108 cm³/mol. The van der Waals surface area contributed by atoms with Crippen molar-refractivity contribution in [2.45, 2.75) is 25.9 Å². The molecule has 2 rings (SSSR count). The van der Waals surface area contributed by atoms with Gasteiger partial charge >= 0.3 is 6.18 Å². The largest absolute Gasteiger partial charge is 0.417 e. The number of nitrogen functional groups attached to an aromatic ring is 1. The maximum Gasteiger partial charge on any atom is 0.417 e. The van der Waals surface area contributed by atoms with Crippen LogP contribution in [0.3, 0.4) is 0 Å². The number of allylic oxidation sites excluding steroid dienone is 2. The van der Waals surface area contributed by atoms with Crippen LogP contribution < -0.4 is 11.1 Å². The van der Waals surface area contributed by atoms with Crippen LogP contribution in [0.4, 0.5) is 29.5 Å². The van der Waals surface area contributed by atoms with Crippen molar-refractivity contribution in [1.82, 2.24) is 0 Å². The molecule has 1 aromatic heterocycles. The fraction of sp³-hybridized carbons (Fsp3) is 0.211. The molecular weight excluding hydrogens is 395 g/mol. The molecule has 0 atom stereocenters. The molecule has 0 unspecified atom stereocenters. The Labute approximate surface area is 165 Å². The van der Waals surface area contributed by atoms with Gasteiger partial charge in [-0.25, -0.2) is 0 Å². The van der Waals surface area contributed by atoms with E-state index in [1.165, 1.54) is 17.4 Å². The van der Waals surface area contributed by atoms with E-state index in [1.807, 2.05) is 13.0 Å². The van der Waals surface area contributed by atoms with Crippen LogP contribution in [0.15, 0.2) is 43.5 Å². The normalized spacial score (nSPS) is 10.4. The molecule has 0 spiro atoms. The van der Waals surface area contributed by atoms with Gasteiger partial charge in [-0.15, -0.1) is 24.5 Å². The molecule has 3 nitrogen and oxygen atoms in total. The Hall–Kier alpha value is -2.43. The van der Waals surface area contributed by atoms with Gasteiger partial charge in [0.25, 0.3) is 0 Å². The van der Waals surface area contributed by atoms with E-state index in [4.69, 9.17) is 17.3 Å². The number of benzene rings is 1. The molecule has 0 aliphatic carbocycles. The van der Waals surface area contributed by atoms with Gasteiger partial charge in [0.2, 0.25) is 0 Å². The number of anilines is 3. The summed E-state index contributed by atoms with van der Waals surface area (Å²) in [5.41, 5.74) is 5.75. The van der Waals surface area contributed by atoms with Crippen LogP contribution in [0.5, 0.6) is 0 Å². The van der Waals surface area contributed by atoms with Crippen LogP contribution in [-0.2, 0) is 12.6 Å². The highest BCUT2D eigenvalue weighted by Crippen LogP contribution is 2.40. The Kier molecular flexibility index (Phi) is 8.41. The zero-order chi connectivity index (χ0) is 20.6. The third kappa shape index (κ3) is 6.05. The molecule has 3 N–H and O–H groups in total. The fourth-order valence-electron chi connectivity index (χ4n) is 2.06. The Balaban J connectivity index is 0.00000114. The minimum Gasteiger partial charge on any atom is -0.397 e. The maximum absolute atomic E-state index is 12.9. The second-order valence-corrected chi connectivity index (χ2v) is 6.82. The van der Waals surface area contributed by atoms with Gasteiger partial charge < -0.3 is 11.1 Å². The summed E-state index contributed by atoms with van der Waals surface area (Å²) in [5, 5.41) is 12.1. The molecule has 0 radical (unpaired) electrons. The first-order valence-corrected chi connectivity index (χ1v) is 9.01. The molecular formula is C19H19ClF3N3S. The van der Waals surface area contributed by atoms with Crippen molar-refractivity contribution >= 4 is 39.3 Å². The Bertz CT molecular complexity index is 851. The average molecular weight is 414 g/mol.